The van der Waals surface area contributed by atoms with E-state index in [4.69, 9.17) is 13.6 Å². The maximum absolute atomic E-state index is 11.7. The van der Waals surface area contributed by atoms with Crippen molar-refractivity contribution < 1.29 is 18.4 Å². The highest BCUT2D eigenvalue weighted by Gasteiger charge is 2.20. The van der Waals surface area contributed by atoms with E-state index in [1.807, 2.05) is 30.3 Å². The minimum Gasteiger partial charge on any atom is -0.493 e. The smallest absolute Gasteiger partial charge is 0.272 e. The Balaban J connectivity index is 2.02. The fourth-order valence-corrected chi connectivity index (χ4v) is 2.77. The second kappa shape index (κ2) is 5.42. The predicted molar refractivity (Wildman–Crippen MR) is 89.2 cm³/mol. The van der Waals surface area contributed by atoms with Crippen LogP contribution in [0.25, 0.3) is 33.4 Å². The maximum Gasteiger partial charge on any atom is 0.272 e. The van der Waals surface area contributed by atoms with Crippen molar-refractivity contribution in [3.8, 4) is 17.2 Å². The Kier molecular flexibility index (Phi) is 3.23. The minimum atomic E-state index is -0.299. The minimum absolute atomic E-state index is 0.226. The van der Waals surface area contributed by atoms with E-state index in [0.29, 0.717) is 17.2 Å². The molecule has 1 N–H and O–H groups in total. The van der Waals surface area contributed by atoms with Crippen LogP contribution in [0.5, 0.6) is 5.75 Å². The van der Waals surface area contributed by atoms with Gasteiger partial charge in [-0.3, -0.25) is 4.79 Å². The Labute approximate surface area is 137 Å². The summed E-state index contributed by atoms with van der Waals surface area (Å²) in [6.45, 7) is 0. The number of amides is 1. The third-order valence-electron chi connectivity index (χ3n) is 3.90. The van der Waals surface area contributed by atoms with Gasteiger partial charge in [-0.2, -0.15) is 0 Å². The Bertz CT molecular complexity index is 1060. The predicted octanol–water partition coefficient (Wildman–Crippen LogP) is 3.61. The zero-order chi connectivity index (χ0) is 16.7. The normalized spacial score (nSPS) is 11.1. The highest BCUT2D eigenvalue weighted by Crippen LogP contribution is 2.40. The average Bonchev–Trinajstić information content (AvgIpc) is 3.25. The number of nitrogens with one attached hydrogen (secondary N) is 1. The van der Waals surface area contributed by atoms with E-state index in [-0.39, 0.29) is 11.6 Å². The van der Waals surface area contributed by atoms with E-state index in [2.05, 4.69) is 10.3 Å². The Morgan fingerprint density at radius 3 is 2.83 bits per heavy atom. The summed E-state index contributed by atoms with van der Waals surface area (Å²) in [6.07, 6.45) is 1.34. The lowest BCUT2D eigenvalue weighted by Gasteiger charge is -2.03. The van der Waals surface area contributed by atoms with Crippen LogP contribution in [0.3, 0.4) is 0 Å². The van der Waals surface area contributed by atoms with Gasteiger partial charge in [0.25, 0.3) is 5.91 Å². The first-order valence-corrected chi connectivity index (χ1v) is 7.39. The summed E-state index contributed by atoms with van der Waals surface area (Å²) >= 11 is 0. The molecule has 0 saturated carbocycles. The van der Waals surface area contributed by atoms with Crippen LogP contribution in [0.1, 0.15) is 10.5 Å². The molecule has 120 valence electrons. The van der Waals surface area contributed by atoms with Gasteiger partial charge >= 0.3 is 0 Å². The molecular formula is C18H14N2O4. The van der Waals surface area contributed by atoms with E-state index in [9.17, 15) is 4.79 Å². The van der Waals surface area contributed by atoms with Crippen LogP contribution in [0.15, 0.2) is 51.5 Å². The van der Waals surface area contributed by atoms with Gasteiger partial charge in [-0.1, -0.05) is 18.2 Å². The molecule has 2 heterocycles. The quantitative estimate of drug-likeness (QED) is 0.623. The van der Waals surface area contributed by atoms with E-state index >= 15 is 0 Å². The molecule has 24 heavy (non-hydrogen) atoms. The van der Waals surface area contributed by atoms with Crippen molar-refractivity contribution in [3.05, 3.63) is 48.4 Å². The number of aromatic nitrogens is 1. The number of furan rings is 1. The molecule has 0 aliphatic carbocycles. The molecule has 6 heteroatoms. The van der Waals surface area contributed by atoms with Crippen molar-refractivity contribution in [2.45, 2.75) is 0 Å². The van der Waals surface area contributed by atoms with Gasteiger partial charge in [0.1, 0.15) is 11.8 Å². The molecule has 2 aromatic carbocycles. The first kappa shape index (κ1) is 14.3. The number of nitrogens with zero attached hydrogens (tertiary/aromatic N) is 1. The molecule has 2 aromatic heterocycles. The van der Waals surface area contributed by atoms with Crippen molar-refractivity contribution in [1.82, 2.24) is 10.3 Å². The van der Waals surface area contributed by atoms with Crippen LogP contribution in [0, 0.1) is 0 Å². The van der Waals surface area contributed by atoms with E-state index < -0.39 is 0 Å². The van der Waals surface area contributed by atoms with Crippen LogP contribution in [0.4, 0.5) is 0 Å². The molecular weight excluding hydrogens is 308 g/mol. The number of oxazole rings is 1. The molecule has 0 aliphatic heterocycles. The molecule has 0 radical (unpaired) electrons. The number of rotatable bonds is 3. The highest BCUT2D eigenvalue weighted by atomic mass is 16.5. The van der Waals surface area contributed by atoms with Crippen molar-refractivity contribution in [1.29, 1.82) is 0 Å². The molecule has 0 spiro atoms. The number of hydrogen-bond acceptors (Lipinski definition) is 5. The monoisotopic (exact) mass is 322 g/mol. The van der Waals surface area contributed by atoms with Crippen molar-refractivity contribution in [3.63, 3.8) is 0 Å². The van der Waals surface area contributed by atoms with Crippen molar-refractivity contribution in [2.75, 3.05) is 14.2 Å². The number of hydrogen-bond donors (Lipinski definition) is 1. The number of para-hydroxylation sites is 1. The summed E-state index contributed by atoms with van der Waals surface area (Å²) in [5, 5.41) is 4.30. The molecule has 4 rings (SSSR count). The fraction of sp³-hybridized carbons (Fsp3) is 0.111. The number of carbonyl (C=O) groups is 1. The van der Waals surface area contributed by atoms with Crippen LogP contribution >= 0.6 is 0 Å². The number of carbonyl (C=O) groups excluding carboxylic acids is 1. The van der Waals surface area contributed by atoms with Crippen molar-refractivity contribution in [2.24, 2.45) is 0 Å². The van der Waals surface area contributed by atoms with Gasteiger partial charge < -0.3 is 18.9 Å². The van der Waals surface area contributed by atoms with Crippen LogP contribution in [0.2, 0.25) is 0 Å². The summed E-state index contributed by atoms with van der Waals surface area (Å²) in [5.74, 6) is 0.683. The number of methoxy groups -OCH3 is 1. The van der Waals surface area contributed by atoms with Crippen LogP contribution in [-0.4, -0.2) is 25.0 Å². The molecule has 0 fully saturated rings. The molecule has 6 nitrogen and oxygen atoms in total. The lowest BCUT2D eigenvalue weighted by molar-refractivity contribution is 0.0958. The van der Waals surface area contributed by atoms with Gasteiger partial charge in [-0.25, -0.2) is 4.98 Å². The molecule has 1 amide bonds. The SMILES string of the molecule is CNC(=O)c1coc(-c2ccc(OC)c3oc4ccccc4c23)n1. The summed E-state index contributed by atoms with van der Waals surface area (Å²) < 4.78 is 16.9. The number of ether oxygens (including phenoxy) is 1. The summed E-state index contributed by atoms with van der Waals surface area (Å²) in [5.41, 5.74) is 2.34. The average molecular weight is 322 g/mol. The Hall–Kier alpha value is -3.28. The third kappa shape index (κ3) is 2.04. The lowest BCUT2D eigenvalue weighted by Crippen LogP contribution is -2.17. The van der Waals surface area contributed by atoms with Gasteiger partial charge in [-0.05, 0) is 18.2 Å². The summed E-state index contributed by atoms with van der Waals surface area (Å²) in [6, 6.07) is 11.3. The largest absolute Gasteiger partial charge is 0.493 e. The molecule has 0 atom stereocenters. The second-order valence-corrected chi connectivity index (χ2v) is 5.23. The maximum atomic E-state index is 11.7. The zero-order valence-electron chi connectivity index (χ0n) is 13.1. The molecule has 0 saturated heterocycles. The second-order valence-electron chi connectivity index (χ2n) is 5.23. The van der Waals surface area contributed by atoms with Gasteiger partial charge in [0.05, 0.1) is 7.11 Å². The van der Waals surface area contributed by atoms with Crippen molar-refractivity contribution >= 4 is 27.8 Å². The summed E-state index contributed by atoms with van der Waals surface area (Å²) in [4.78, 5) is 16.0. The van der Waals surface area contributed by atoms with Crippen LogP contribution < -0.4 is 10.1 Å². The third-order valence-corrected chi connectivity index (χ3v) is 3.90. The van der Waals surface area contributed by atoms with E-state index in [1.165, 1.54) is 6.26 Å². The number of fused-ring (bicyclic) bond motifs is 3. The first-order valence-electron chi connectivity index (χ1n) is 7.39. The van der Waals surface area contributed by atoms with Gasteiger partial charge in [0.15, 0.2) is 17.0 Å². The van der Waals surface area contributed by atoms with Gasteiger partial charge in [0, 0.05) is 23.4 Å². The highest BCUT2D eigenvalue weighted by molar-refractivity contribution is 6.13. The molecule has 0 bridgehead atoms. The summed E-state index contributed by atoms with van der Waals surface area (Å²) in [7, 11) is 3.14. The first-order chi connectivity index (χ1) is 11.7. The molecule has 0 unspecified atom stereocenters. The lowest BCUT2D eigenvalue weighted by atomic mass is 10.1. The van der Waals surface area contributed by atoms with E-state index in [1.54, 1.807) is 20.2 Å². The molecule has 0 aliphatic rings. The standard InChI is InChI=1S/C18H14N2O4/c1-19-17(21)12-9-23-18(20-12)11-7-8-14(22-2)16-15(11)10-5-3-4-6-13(10)24-16/h3-9H,1-2H3,(H,19,21). The van der Waals surface area contributed by atoms with Gasteiger partial charge in [0.2, 0.25) is 5.89 Å². The zero-order valence-corrected chi connectivity index (χ0v) is 13.1. The fourth-order valence-electron chi connectivity index (χ4n) is 2.77. The topological polar surface area (TPSA) is 77.5 Å². The molecule has 4 aromatic rings. The number of benzene rings is 2. The Morgan fingerprint density at radius 2 is 2.04 bits per heavy atom. The Morgan fingerprint density at radius 1 is 1.21 bits per heavy atom. The van der Waals surface area contributed by atoms with E-state index in [0.717, 1.165) is 21.9 Å². The van der Waals surface area contributed by atoms with Gasteiger partial charge in [-0.15, -0.1) is 0 Å². The van der Waals surface area contributed by atoms with Crippen LogP contribution in [-0.2, 0) is 0 Å².